The van der Waals surface area contributed by atoms with Gasteiger partial charge in [0.05, 0.1) is 11.8 Å². The molecule has 1 fully saturated rings. The highest BCUT2D eigenvalue weighted by Gasteiger charge is 2.48. The van der Waals surface area contributed by atoms with Crippen LogP contribution >= 0.6 is 0 Å². The molecule has 2 rings (SSSR count). The van der Waals surface area contributed by atoms with E-state index in [4.69, 9.17) is 10.8 Å². The maximum atomic E-state index is 8.31. The summed E-state index contributed by atoms with van der Waals surface area (Å²) in [5.41, 5.74) is 1.07. The van der Waals surface area contributed by atoms with Gasteiger partial charge in [0.1, 0.15) is 5.84 Å². The standard InChI is InChI=1S/C13H20N4/c1-10-7-13(8-10,12(15)17(2)9-14)11-3-5-16-6-4-11/h3-5,9-10,14-16H,6-8H2,1-2H3. The fourth-order valence-electron chi connectivity index (χ4n) is 2.91. The molecule has 3 N–H and O–H groups in total. The first kappa shape index (κ1) is 11.9. The predicted molar refractivity (Wildman–Crippen MR) is 70.3 cm³/mol. The van der Waals surface area contributed by atoms with Crippen LogP contribution in [0.4, 0.5) is 0 Å². The minimum Gasteiger partial charge on any atom is -0.387 e. The fourth-order valence-corrected chi connectivity index (χ4v) is 2.91. The van der Waals surface area contributed by atoms with Crippen molar-refractivity contribution in [2.24, 2.45) is 11.3 Å². The van der Waals surface area contributed by atoms with Crippen molar-refractivity contribution in [3.8, 4) is 0 Å². The van der Waals surface area contributed by atoms with E-state index >= 15 is 0 Å². The zero-order valence-electron chi connectivity index (χ0n) is 10.5. The summed E-state index contributed by atoms with van der Waals surface area (Å²) < 4.78 is 0. The van der Waals surface area contributed by atoms with Crippen LogP contribution in [0.15, 0.2) is 23.9 Å². The predicted octanol–water partition coefficient (Wildman–Crippen LogP) is 1.96. The molecule has 0 amide bonds. The van der Waals surface area contributed by atoms with Crippen molar-refractivity contribution < 1.29 is 0 Å². The molecule has 17 heavy (non-hydrogen) atoms. The van der Waals surface area contributed by atoms with Crippen LogP contribution < -0.4 is 5.32 Å². The molecule has 0 unspecified atom stereocenters. The molecule has 1 aliphatic carbocycles. The van der Waals surface area contributed by atoms with Gasteiger partial charge in [0.15, 0.2) is 0 Å². The molecule has 4 nitrogen and oxygen atoms in total. The number of nitrogens with zero attached hydrogens (tertiary/aromatic N) is 1. The maximum Gasteiger partial charge on any atom is 0.112 e. The molecular formula is C13H20N4. The summed E-state index contributed by atoms with van der Waals surface area (Å²) in [4.78, 5) is 1.61. The van der Waals surface area contributed by atoms with Crippen molar-refractivity contribution >= 4 is 12.2 Å². The average molecular weight is 232 g/mol. The van der Waals surface area contributed by atoms with Crippen LogP contribution in [0.2, 0.25) is 0 Å². The van der Waals surface area contributed by atoms with Crippen molar-refractivity contribution in [2.45, 2.75) is 19.8 Å². The number of hydrogen-bond donors (Lipinski definition) is 3. The second-order valence-electron chi connectivity index (χ2n) is 5.09. The van der Waals surface area contributed by atoms with E-state index in [9.17, 15) is 0 Å². The summed E-state index contributed by atoms with van der Waals surface area (Å²) in [5.74, 6) is 1.21. The number of amidine groups is 1. The summed E-state index contributed by atoms with van der Waals surface area (Å²) >= 11 is 0. The highest BCUT2D eigenvalue weighted by atomic mass is 15.2. The molecule has 1 heterocycles. The van der Waals surface area contributed by atoms with Crippen LogP contribution in [-0.4, -0.2) is 30.7 Å². The van der Waals surface area contributed by atoms with Gasteiger partial charge in [-0.05, 0) is 36.6 Å². The molecule has 0 spiro atoms. The van der Waals surface area contributed by atoms with Crippen LogP contribution in [0.25, 0.3) is 0 Å². The summed E-state index contributed by atoms with van der Waals surface area (Å²) in [6, 6.07) is 0. The Labute approximate surface area is 102 Å². The van der Waals surface area contributed by atoms with Gasteiger partial charge in [0, 0.05) is 13.6 Å². The van der Waals surface area contributed by atoms with Gasteiger partial charge in [-0.3, -0.25) is 10.8 Å². The Hall–Kier alpha value is -1.58. The van der Waals surface area contributed by atoms with Gasteiger partial charge in [0.2, 0.25) is 0 Å². The Balaban J connectivity index is 2.27. The normalized spacial score (nSPS) is 30.9. The molecule has 0 saturated heterocycles. The van der Waals surface area contributed by atoms with Crippen LogP contribution in [-0.2, 0) is 0 Å². The van der Waals surface area contributed by atoms with E-state index in [1.807, 2.05) is 6.20 Å². The van der Waals surface area contributed by atoms with Gasteiger partial charge < -0.3 is 10.2 Å². The zero-order chi connectivity index (χ0) is 12.5. The topological polar surface area (TPSA) is 63.0 Å². The number of allylic oxidation sites excluding steroid dienone is 1. The quantitative estimate of drug-likeness (QED) is 0.514. The summed E-state index contributed by atoms with van der Waals surface area (Å²) in [7, 11) is 1.78. The number of nitrogens with one attached hydrogen (secondary N) is 3. The van der Waals surface area contributed by atoms with E-state index in [0.717, 1.165) is 19.4 Å². The molecule has 0 aromatic carbocycles. The third-order valence-corrected chi connectivity index (χ3v) is 3.77. The lowest BCUT2D eigenvalue weighted by Gasteiger charge is -2.49. The molecule has 0 aromatic heterocycles. The smallest absolute Gasteiger partial charge is 0.112 e. The Morgan fingerprint density at radius 1 is 1.59 bits per heavy atom. The first-order chi connectivity index (χ1) is 8.10. The number of hydrogen-bond acceptors (Lipinski definition) is 3. The van der Waals surface area contributed by atoms with E-state index in [2.05, 4.69) is 24.4 Å². The average Bonchev–Trinajstić information content (AvgIpc) is 2.34. The van der Waals surface area contributed by atoms with Gasteiger partial charge >= 0.3 is 0 Å². The molecule has 1 saturated carbocycles. The molecule has 0 bridgehead atoms. The lowest BCUT2D eigenvalue weighted by Crippen LogP contribution is -2.50. The van der Waals surface area contributed by atoms with E-state index < -0.39 is 0 Å². The second-order valence-corrected chi connectivity index (χ2v) is 5.09. The molecular weight excluding hydrogens is 212 g/mol. The summed E-state index contributed by atoms with van der Waals surface area (Å²) in [5, 5.41) is 18.7. The molecule has 92 valence electrons. The zero-order valence-corrected chi connectivity index (χ0v) is 10.5. The maximum absolute atomic E-state index is 8.31. The third-order valence-electron chi connectivity index (χ3n) is 3.77. The SMILES string of the molecule is CC1CC(C(=N)N(C)C=N)(C2=CCNC=C2)C1. The number of dihydropyridines is 1. The highest BCUT2D eigenvalue weighted by molar-refractivity contribution is 5.96. The first-order valence-electron chi connectivity index (χ1n) is 6.03. The lowest BCUT2D eigenvalue weighted by molar-refractivity contribution is 0.178. The summed E-state index contributed by atoms with van der Waals surface area (Å²) in [6.07, 6.45) is 9.44. The minimum atomic E-state index is -0.162. The highest BCUT2D eigenvalue weighted by Crippen LogP contribution is 2.52. The van der Waals surface area contributed by atoms with Crippen molar-refractivity contribution in [1.29, 1.82) is 10.8 Å². The minimum absolute atomic E-state index is 0.162. The molecule has 0 radical (unpaired) electrons. The van der Waals surface area contributed by atoms with Crippen molar-refractivity contribution in [2.75, 3.05) is 13.6 Å². The molecule has 4 heteroatoms. The van der Waals surface area contributed by atoms with Gasteiger partial charge in [-0.1, -0.05) is 13.0 Å². The lowest BCUT2D eigenvalue weighted by atomic mass is 9.57. The number of rotatable bonds is 3. The van der Waals surface area contributed by atoms with E-state index in [0.29, 0.717) is 11.8 Å². The third kappa shape index (κ3) is 1.88. The van der Waals surface area contributed by atoms with Gasteiger partial charge in [0.25, 0.3) is 0 Å². The van der Waals surface area contributed by atoms with Gasteiger partial charge in [-0.2, -0.15) is 0 Å². The largest absolute Gasteiger partial charge is 0.387 e. The van der Waals surface area contributed by atoms with Crippen LogP contribution in [0.1, 0.15) is 19.8 Å². The van der Waals surface area contributed by atoms with E-state index in [1.165, 1.54) is 11.9 Å². The van der Waals surface area contributed by atoms with Crippen molar-refractivity contribution in [3.63, 3.8) is 0 Å². The molecule has 0 atom stereocenters. The molecule has 1 aliphatic heterocycles. The monoisotopic (exact) mass is 232 g/mol. The molecule has 0 aromatic rings. The van der Waals surface area contributed by atoms with Crippen molar-refractivity contribution in [1.82, 2.24) is 10.2 Å². The Bertz CT molecular complexity index is 388. The van der Waals surface area contributed by atoms with Gasteiger partial charge in [-0.15, -0.1) is 0 Å². The Kier molecular flexibility index (Phi) is 3.05. The molecule has 2 aliphatic rings. The van der Waals surface area contributed by atoms with Crippen molar-refractivity contribution in [3.05, 3.63) is 23.9 Å². The van der Waals surface area contributed by atoms with Gasteiger partial charge in [-0.25, -0.2) is 0 Å². The Morgan fingerprint density at radius 3 is 2.76 bits per heavy atom. The fraction of sp³-hybridized carbons (Fsp3) is 0.538. The first-order valence-corrected chi connectivity index (χ1v) is 6.03. The second kappa shape index (κ2) is 4.35. The van der Waals surface area contributed by atoms with E-state index in [1.54, 1.807) is 11.9 Å². The van der Waals surface area contributed by atoms with Crippen LogP contribution in [0.3, 0.4) is 0 Å². The van der Waals surface area contributed by atoms with Crippen LogP contribution in [0.5, 0.6) is 0 Å². The van der Waals surface area contributed by atoms with Crippen LogP contribution in [0, 0.1) is 22.2 Å². The summed E-state index contributed by atoms with van der Waals surface area (Å²) in [6.45, 7) is 3.06. The van der Waals surface area contributed by atoms with E-state index in [-0.39, 0.29) is 5.41 Å². The Morgan fingerprint density at radius 2 is 2.29 bits per heavy atom.